The van der Waals surface area contributed by atoms with E-state index < -0.39 is 0 Å². The summed E-state index contributed by atoms with van der Waals surface area (Å²) in [5.41, 5.74) is 3.70. The number of amides is 2. The summed E-state index contributed by atoms with van der Waals surface area (Å²) in [6.45, 7) is 6.13. The first-order valence-corrected chi connectivity index (χ1v) is 10.2. The molecule has 29 heavy (non-hydrogen) atoms. The zero-order valence-electron chi connectivity index (χ0n) is 16.9. The fourth-order valence-electron chi connectivity index (χ4n) is 4.13. The topological polar surface area (TPSA) is 61.9 Å². The van der Waals surface area contributed by atoms with Gasteiger partial charge in [-0.2, -0.15) is 0 Å². The van der Waals surface area contributed by atoms with Gasteiger partial charge in [0.05, 0.1) is 18.8 Å². The van der Waals surface area contributed by atoms with Crippen LogP contribution in [0.1, 0.15) is 29.8 Å². The Bertz CT molecular complexity index is 886. The highest BCUT2D eigenvalue weighted by atomic mass is 16.5. The van der Waals surface area contributed by atoms with Crippen molar-refractivity contribution < 1.29 is 14.3 Å². The van der Waals surface area contributed by atoms with Crippen LogP contribution in [0, 0.1) is 0 Å². The highest BCUT2D eigenvalue weighted by Crippen LogP contribution is 2.27. The Morgan fingerprint density at radius 1 is 1.03 bits per heavy atom. The van der Waals surface area contributed by atoms with Gasteiger partial charge in [0.15, 0.2) is 0 Å². The van der Waals surface area contributed by atoms with Gasteiger partial charge in [-0.05, 0) is 56.2 Å². The van der Waals surface area contributed by atoms with E-state index in [1.807, 2.05) is 66.1 Å². The van der Waals surface area contributed by atoms with E-state index in [0.29, 0.717) is 18.7 Å². The number of nitrogens with one attached hydrogen (secondary N) is 1. The van der Waals surface area contributed by atoms with Crippen LogP contribution in [0.15, 0.2) is 48.5 Å². The summed E-state index contributed by atoms with van der Waals surface area (Å²) in [6, 6.07) is 15.4. The van der Waals surface area contributed by atoms with Crippen LogP contribution in [-0.4, -0.2) is 55.1 Å². The van der Waals surface area contributed by atoms with Crippen LogP contribution in [0.2, 0.25) is 0 Å². The molecule has 1 saturated heterocycles. The molecule has 2 aromatic carbocycles. The molecule has 2 aromatic rings. The number of carbonyl (C=O) groups is 2. The van der Waals surface area contributed by atoms with Crippen LogP contribution in [-0.2, 0) is 16.0 Å². The lowest BCUT2D eigenvalue weighted by molar-refractivity contribution is -0.116. The Hall–Kier alpha value is -2.86. The normalized spacial score (nSPS) is 21.0. The van der Waals surface area contributed by atoms with Crippen LogP contribution < -0.4 is 10.2 Å². The summed E-state index contributed by atoms with van der Waals surface area (Å²) in [7, 11) is 0. The van der Waals surface area contributed by atoms with Crippen LogP contribution in [0.4, 0.5) is 11.4 Å². The number of ether oxygens (including phenoxy) is 1. The Morgan fingerprint density at radius 3 is 2.45 bits per heavy atom. The van der Waals surface area contributed by atoms with Gasteiger partial charge in [0, 0.05) is 36.6 Å². The molecule has 2 atom stereocenters. The van der Waals surface area contributed by atoms with Crippen LogP contribution in [0.25, 0.3) is 0 Å². The predicted molar refractivity (Wildman–Crippen MR) is 113 cm³/mol. The molecule has 4 rings (SSSR count). The number of fused-ring (bicyclic) bond motifs is 1. The standard InChI is InChI=1S/C23H27N3O3/c1-16-14-25(15-17(2)29-16)23(28)19-7-9-20(10-8-19)24-13-22(27)26-12-11-18-5-3-4-6-21(18)26/h3-10,16-17,24H,11-15H2,1-2H3. The predicted octanol–water partition coefficient (Wildman–Crippen LogP) is 2.94. The number of rotatable bonds is 4. The Morgan fingerprint density at radius 2 is 1.72 bits per heavy atom. The van der Waals surface area contributed by atoms with Gasteiger partial charge in [-0.1, -0.05) is 18.2 Å². The van der Waals surface area contributed by atoms with Gasteiger partial charge in [0.25, 0.3) is 5.91 Å². The third-order valence-electron chi connectivity index (χ3n) is 5.47. The Balaban J connectivity index is 1.34. The van der Waals surface area contributed by atoms with Crippen LogP contribution in [0.3, 0.4) is 0 Å². The molecule has 2 unspecified atom stereocenters. The van der Waals surface area contributed by atoms with E-state index in [9.17, 15) is 9.59 Å². The fourth-order valence-corrected chi connectivity index (χ4v) is 4.13. The number of anilines is 2. The zero-order chi connectivity index (χ0) is 20.4. The minimum atomic E-state index is 0.0169. The summed E-state index contributed by atoms with van der Waals surface area (Å²) < 4.78 is 5.70. The SMILES string of the molecule is CC1CN(C(=O)c2ccc(NCC(=O)N3CCc4ccccc43)cc2)CC(C)O1. The maximum atomic E-state index is 12.7. The number of benzene rings is 2. The van der Waals surface area contributed by atoms with Crippen LogP contribution >= 0.6 is 0 Å². The highest BCUT2D eigenvalue weighted by molar-refractivity contribution is 5.98. The third-order valence-corrected chi connectivity index (χ3v) is 5.47. The summed E-state index contributed by atoms with van der Waals surface area (Å²) in [5, 5.41) is 3.18. The summed E-state index contributed by atoms with van der Waals surface area (Å²) in [6.07, 6.45) is 0.994. The van der Waals surface area contributed by atoms with Gasteiger partial charge in [-0.15, -0.1) is 0 Å². The number of carbonyl (C=O) groups excluding carboxylic acids is 2. The first-order valence-electron chi connectivity index (χ1n) is 10.2. The second-order valence-corrected chi connectivity index (χ2v) is 7.82. The first-order chi connectivity index (χ1) is 14.0. The minimum absolute atomic E-state index is 0.0169. The average Bonchev–Trinajstić information content (AvgIpc) is 3.15. The number of hydrogen-bond donors (Lipinski definition) is 1. The smallest absolute Gasteiger partial charge is 0.254 e. The Kier molecular flexibility index (Phi) is 5.53. The van der Waals surface area contributed by atoms with Gasteiger partial charge in [0.1, 0.15) is 0 Å². The second-order valence-electron chi connectivity index (χ2n) is 7.82. The maximum absolute atomic E-state index is 12.7. The van der Waals surface area contributed by atoms with Crippen molar-refractivity contribution in [1.29, 1.82) is 0 Å². The number of morpholine rings is 1. The minimum Gasteiger partial charge on any atom is -0.376 e. The van der Waals surface area contributed by atoms with E-state index in [4.69, 9.17) is 4.74 Å². The molecule has 2 amide bonds. The number of hydrogen-bond acceptors (Lipinski definition) is 4. The van der Waals surface area contributed by atoms with Crippen molar-refractivity contribution in [3.8, 4) is 0 Å². The van der Waals surface area contributed by atoms with Gasteiger partial charge in [-0.3, -0.25) is 9.59 Å². The van der Waals surface area contributed by atoms with Crippen molar-refractivity contribution in [1.82, 2.24) is 4.90 Å². The van der Waals surface area contributed by atoms with Crippen molar-refractivity contribution in [3.05, 3.63) is 59.7 Å². The molecule has 0 bridgehead atoms. The van der Waals surface area contributed by atoms with E-state index in [2.05, 4.69) is 11.4 Å². The summed E-state index contributed by atoms with van der Waals surface area (Å²) in [5.74, 6) is 0.0645. The lowest BCUT2D eigenvalue weighted by Crippen LogP contribution is -2.48. The molecule has 2 aliphatic rings. The molecule has 1 N–H and O–H groups in total. The summed E-state index contributed by atoms with van der Waals surface area (Å²) in [4.78, 5) is 29.0. The average molecular weight is 393 g/mol. The van der Waals surface area contributed by atoms with E-state index >= 15 is 0 Å². The molecular formula is C23H27N3O3. The van der Waals surface area contributed by atoms with Crippen molar-refractivity contribution in [2.45, 2.75) is 32.5 Å². The molecule has 0 radical (unpaired) electrons. The molecule has 0 spiro atoms. The second kappa shape index (κ2) is 8.25. The fraction of sp³-hybridized carbons (Fsp3) is 0.391. The lowest BCUT2D eigenvalue weighted by Gasteiger charge is -2.35. The van der Waals surface area contributed by atoms with E-state index in [1.165, 1.54) is 5.56 Å². The van der Waals surface area contributed by atoms with Gasteiger partial charge in [-0.25, -0.2) is 0 Å². The molecule has 6 heteroatoms. The molecule has 152 valence electrons. The molecule has 2 heterocycles. The van der Waals surface area contributed by atoms with Crippen molar-refractivity contribution in [2.75, 3.05) is 36.4 Å². The molecule has 1 fully saturated rings. The van der Waals surface area contributed by atoms with Crippen LogP contribution in [0.5, 0.6) is 0 Å². The lowest BCUT2D eigenvalue weighted by atomic mass is 10.1. The largest absolute Gasteiger partial charge is 0.376 e. The van der Waals surface area contributed by atoms with Gasteiger partial charge >= 0.3 is 0 Å². The van der Waals surface area contributed by atoms with Crippen molar-refractivity contribution >= 4 is 23.2 Å². The van der Waals surface area contributed by atoms with Gasteiger partial charge in [0.2, 0.25) is 5.91 Å². The first kappa shape index (κ1) is 19.5. The maximum Gasteiger partial charge on any atom is 0.254 e. The highest BCUT2D eigenvalue weighted by Gasteiger charge is 2.27. The van der Waals surface area contributed by atoms with Crippen molar-refractivity contribution in [2.24, 2.45) is 0 Å². The molecule has 0 saturated carbocycles. The number of nitrogens with zero attached hydrogens (tertiary/aromatic N) is 2. The molecule has 0 aromatic heterocycles. The molecule has 0 aliphatic carbocycles. The number of para-hydroxylation sites is 1. The Labute approximate surface area is 171 Å². The quantitative estimate of drug-likeness (QED) is 0.868. The van der Waals surface area contributed by atoms with E-state index in [0.717, 1.165) is 24.3 Å². The zero-order valence-corrected chi connectivity index (χ0v) is 16.9. The van der Waals surface area contributed by atoms with E-state index in [1.54, 1.807) is 0 Å². The molecular weight excluding hydrogens is 366 g/mol. The van der Waals surface area contributed by atoms with Crippen molar-refractivity contribution in [3.63, 3.8) is 0 Å². The molecule has 2 aliphatic heterocycles. The summed E-state index contributed by atoms with van der Waals surface area (Å²) >= 11 is 0. The van der Waals surface area contributed by atoms with E-state index in [-0.39, 0.29) is 30.6 Å². The third kappa shape index (κ3) is 4.27. The molecule has 6 nitrogen and oxygen atoms in total. The monoisotopic (exact) mass is 393 g/mol. The van der Waals surface area contributed by atoms with Gasteiger partial charge < -0.3 is 19.9 Å².